The van der Waals surface area contributed by atoms with Crippen molar-refractivity contribution in [3.05, 3.63) is 58.3 Å². The lowest BCUT2D eigenvalue weighted by Crippen LogP contribution is -2.54. The number of benzene rings is 1. The summed E-state index contributed by atoms with van der Waals surface area (Å²) in [6, 6.07) is 13.9. The number of piperidine rings is 1. The van der Waals surface area contributed by atoms with Crippen molar-refractivity contribution in [1.82, 2.24) is 9.80 Å². The highest BCUT2D eigenvalue weighted by atomic mass is 32.1. The minimum Gasteiger partial charge on any atom is -0.383 e. The maximum absolute atomic E-state index is 13.3. The number of hydrogen-bond acceptors (Lipinski definition) is 4. The molecule has 1 atom stereocenters. The topological polar surface area (TPSA) is 49.9 Å². The first kappa shape index (κ1) is 19.2. The normalized spacial score (nSPS) is 21.5. The van der Waals surface area contributed by atoms with Gasteiger partial charge in [0.15, 0.2) is 0 Å². The van der Waals surface area contributed by atoms with E-state index in [1.165, 1.54) is 11.3 Å². The van der Waals surface area contributed by atoms with Crippen molar-refractivity contribution in [3.8, 4) is 0 Å². The Bertz CT molecular complexity index is 814. The highest BCUT2D eigenvalue weighted by Gasteiger charge is 2.52. The van der Waals surface area contributed by atoms with Crippen LogP contribution in [-0.2, 0) is 9.53 Å². The standard InChI is InChI=1S/C22H26N2O3S/c1-27-14-13-24-20(25)18(17-6-3-2-4-7-17)16-22(24)9-11-23(12-10-22)21(26)19-8-5-15-28-19/h2-8,15,18H,9-14,16H2,1H3/t18-/m0/s1. The molecule has 0 N–H and O–H groups in total. The Morgan fingerprint density at radius 1 is 1.18 bits per heavy atom. The molecular formula is C22H26N2O3S. The summed E-state index contributed by atoms with van der Waals surface area (Å²) in [6.45, 7) is 2.52. The Kier molecular flexibility index (Phi) is 5.51. The van der Waals surface area contributed by atoms with E-state index >= 15 is 0 Å². The van der Waals surface area contributed by atoms with Crippen molar-refractivity contribution in [3.63, 3.8) is 0 Å². The lowest BCUT2D eigenvalue weighted by atomic mass is 9.81. The van der Waals surface area contributed by atoms with Crippen molar-refractivity contribution in [2.45, 2.75) is 30.7 Å². The molecule has 2 aliphatic heterocycles. The molecule has 0 unspecified atom stereocenters. The SMILES string of the molecule is COCCN1C(=O)[C@H](c2ccccc2)CC12CCN(C(=O)c1cccs1)CC2. The number of methoxy groups -OCH3 is 1. The van der Waals surface area contributed by atoms with E-state index < -0.39 is 0 Å². The molecule has 2 aliphatic rings. The third-order valence-corrected chi connectivity index (χ3v) is 7.01. The van der Waals surface area contributed by atoms with Crippen molar-refractivity contribution in [2.24, 2.45) is 0 Å². The van der Waals surface area contributed by atoms with E-state index in [1.54, 1.807) is 7.11 Å². The van der Waals surface area contributed by atoms with Gasteiger partial charge in [-0.25, -0.2) is 0 Å². The molecule has 1 spiro atoms. The fourth-order valence-electron chi connectivity index (χ4n) is 4.63. The second-order valence-electron chi connectivity index (χ2n) is 7.64. The molecule has 3 heterocycles. The van der Waals surface area contributed by atoms with Crippen molar-refractivity contribution in [2.75, 3.05) is 33.4 Å². The van der Waals surface area contributed by atoms with Gasteiger partial charge in [0.25, 0.3) is 5.91 Å². The van der Waals surface area contributed by atoms with Crippen molar-refractivity contribution in [1.29, 1.82) is 0 Å². The van der Waals surface area contributed by atoms with Gasteiger partial charge in [0, 0.05) is 32.3 Å². The summed E-state index contributed by atoms with van der Waals surface area (Å²) in [7, 11) is 1.67. The first-order valence-electron chi connectivity index (χ1n) is 9.83. The first-order valence-corrected chi connectivity index (χ1v) is 10.7. The van der Waals surface area contributed by atoms with E-state index in [2.05, 4.69) is 0 Å². The van der Waals surface area contributed by atoms with Crippen LogP contribution in [0.3, 0.4) is 0 Å². The summed E-state index contributed by atoms with van der Waals surface area (Å²) >= 11 is 1.49. The number of ether oxygens (including phenoxy) is 1. The second kappa shape index (κ2) is 8.05. The monoisotopic (exact) mass is 398 g/mol. The summed E-state index contributed by atoms with van der Waals surface area (Å²) in [5.41, 5.74) is 0.909. The van der Waals surface area contributed by atoms with Gasteiger partial charge in [0.05, 0.1) is 17.4 Å². The molecule has 28 heavy (non-hydrogen) atoms. The van der Waals surface area contributed by atoms with E-state index in [-0.39, 0.29) is 23.3 Å². The molecule has 0 aliphatic carbocycles. The van der Waals surface area contributed by atoms with Crippen molar-refractivity contribution < 1.29 is 14.3 Å². The molecule has 5 nitrogen and oxygen atoms in total. The maximum Gasteiger partial charge on any atom is 0.263 e. The molecule has 6 heteroatoms. The zero-order valence-electron chi connectivity index (χ0n) is 16.2. The highest BCUT2D eigenvalue weighted by molar-refractivity contribution is 7.12. The predicted molar refractivity (Wildman–Crippen MR) is 110 cm³/mol. The highest BCUT2D eigenvalue weighted by Crippen LogP contribution is 2.45. The smallest absolute Gasteiger partial charge is 0.263 e. The van der Waals surface area contributed by atoms with Gasteiger partial charge in [-0.05, 0) is 36.3 Å². The minimum atomic E-state index is -0.178. The van der Waals surface area contributed by atoms with Gasteiger partial charge < -0.3 is 14.5 Å². The van der Waals surface area contributed by atoms with Crippen LogP contribution in [0.4, 0.5) is 0 Å². The van der Waals surface area contributed by atoms with E-state index in [0.717, 1.165) is 29.7 Å². The Morgan fingerprint density at radius 2 is 1.93 bits per heavy atom. The largest absolute Gasteiger partial charge is 0.383 e. The van der Waals surface area contributed by atoms with Crippen LogP contribution < -0.4 is 0 Å². The Balaban J connectivity index is 1.53. The molecule has 1 aromatic carbocycles. The zero-order chi connectivity index (χ0) is 19.6. The number of nitrogens with zero attached hydrogens (tertiary/aromatic N) is 2. The first-order chi connectivity index (χ1) is 13.6. The molecule has 0 saturated carbocycles. The number of hydrogen-bond donors (Lipinski definition) is 0. The molecule has 2 saturated heterocycles. The fraction of sp³-hybridized carbons (Fsp3) is 0.455. The maximum atomic E-state index is 13.3. The van der Waals surface area contributed by atoms with E-state index in [4.69, 9.17) is 4.74 Å². The molecule has 4 rings (SSSR count). The Labute approximate surface area is 169 Å². The number of thiophene rings is 1. The number of amides is 2. The van der Waals surface area contributed by atoms with Gasteiger partial charge in [0.2, 0.25) is 5.91 Å². The lowest BCUT2D eigenvalue weighted by Gasteiger charge is -2.44. The van der Waals surface area contributed by atoms with Gasteiger partial charge in [0.1, 0.15) is 0 Å². The van der Waals surface area contributed by atoms with E-state index in [0.29, 0.717) is 26.2 Å². The van der Waals surface area contributed by atoms with Gasteiger partial charge in [-0.2, -0.15) is 0 Å². The summed E-state index contributed by atoms with van der Waals surface area (Å²) in [6.07, 6.45) is 2.46. The zero-order valence-corrected chi connectivity index (χ0v) is 17.0. The van der Waals surface area contributed by atoms with Gasteiger partial charge in [-0.15, -0.1) is 11.3 Å². The number of carbonyl (C=O) groups is 2. The quantitative estimate of drug-likeness (QED) is 0.776. The molecule has 1 aromatic heterocycles. The van der Waals surface area contributed by atoms with Crippen LogP contribution in [0.25, 0.3) is 0 Å². The van der Waals surface area contributed by atoms with Crippen LogP contribution in [0, 0.1) is 0 Å². The van der Waals surface area contributed by atoms with Crippen LogP contribution in [0.15, 0.2) is 47.8 Å². The van der Waals surface area contributed by atoms with Crippen LogP contribution in [0.1, 0.15) is 40.4 Å². The molecular weight excluding hydrogens is 372 g/mol. The van der Waals surface area contributed by atoms with E-state index in [9.17, 15) is 9.59 Å². The van der Waals surface area contributed by atoms with Crippen LogP contribution >= 0.6 is 11.3 Å². The summed E-state index contributed by atoms with van der Waals surface area (Å²) < 4.78 is 5.28. The average molecular weight is 399 g/mol. The molecule has 148 valence electrons. The van der Waals surface area contributed by atoms with Gasteiger partial charge >= 0.3 is 0 Å². The van der Waals surface area contributed by atoms with Gasteiger partial charge in [-0.3, -0.25) is 9.59 Å². The summed E-state index contributed by atoms with van der Waals surface area (Å²) in [5, 5.41) is 1.94. The Hall–Kier alpha value is -2.18. The number of rotatable bonds is 5. The van der Waals surface area contributed by atoms with Crippen LogP contribution in [0.2, 0.25) is 0 Å². The lowest BCUT2D eigenvalue weighted by molar-refractivity contribution is -0.134. The van der Waals surface area contributed by atoms with Crippen LogP contribution in [-0.4, -0.2) is 60.5 Å². The van der Waals surface area contributed by atoms with Gasteiger partial charge in [-0.1, -0.05) is 36.4 Å². The number of likely N-dealkylation sites (tertiary alicyclic amines) is 2. The molecule has 0 radical (unpaired) electrons. The summed E-state index contributed by atoms with van der Waals surface area (Å²) in [5.74, 6) is 0.205. The van der Waals surface area contributed by atoms with E-state index in [1.807, 2.05) is 57.6 Å². The Morgan fingerprint density at radius 3 is 2.57 bits per heavy atom. The third-order valence-electron chi connectivity index (χ3n) is 6.16. The fourth-order valence-corrected chi connectivity index (χ4v) is 5.32. The average Bonchev–Trinajstić information content (AvgIpc) is 3.35. The number of carbonyl (C=O) groups excluding carboxylic acids is 2. The van der Waals surface area contributed by atoms with Crippen molar-refractivity contribution >= 4 is 23.2 Å². The molecule has 0 bridgehead atoms. The second-order valence-corrected chi connectivity index (χ2v) is 8.59. The van der Waals surface area contributed by atoms with Crippen LogP contribution in [0.5, 0.6) is 0 Å². The minimum absolute atomic E-state index is 0.0994. The summed E-state index contributed by atoms with van der Waals surface area (Å²) in [4.78, 5) is 30.8. The molecule has 2 amide bonds. The third kappa shape index (κ3) is 3.47. The predicted octanol–water partition coefficient (Wildman–Crippen LogP) is 3.39. The molecule has 2 fully saturated rings. The molecule has 2 aromatic rings.